The molecule has 27 heavy (non-hydrogen) atoms. The van der Waals surface area contributed by atoms with Gasteiger partial charge in [0.05, 0.1) is 0 Å². The van der Waals surface area contributed by atoms with Crippen molar-refractivity contribution in [3.63, 3.8) is 0 Å². The molecular weight excluding hydrogens is 344 g/mol. The molecule has 0 saturated heterocycles. The molecule has 4 aromatic rings. The van der Waals surface area contributed by atoms with Crippen LogP contribution >= 0.6 is 11.3 Å². The van der Waals surface area contributed by atoms with E-state index in [0.717, 1.165) is 0 Å². The summed E-state index contributed by atoms with van der Waals surface area (Å²) in [6.45, 7) is 4.29. The first kappa shape index (κ1) is 17.5. The van der Waals surface area contributed by atoms with Gasteiger partial charge >= 0.3 is 0 Å². The Morgan fingerprint density at radius 3 is 1.85 bits per heavy atom. The van der Waals surface area contributed by atoms with Gasteiger partial charge in [0.2, 0.25) is 0 Å². The largest absolute Gasteiger partial charge is 0.140 e. The van der Waals surface area contributed by atoms with E-state index < -0.39 is 0 Å². The molecule has 4 rings (SSSR count). The Kier molecular flexibility index (Phi) is 5.04. The predicted octanol–water partition coefficient (Wildman–Crippen LogP) is 7.98. The maximum Gasteiger partial charge on any atom is 0.0423 e. The molecular formula is C26H22S. The van der Waals surface area contributed by atoms with E-state index in [-0.39, 0.29) is 0 Å². The summed E-state index contributed by atoms with van der Waals surface area (Å²) in [5.41, 5.74) is 6.34. The zero-order valence-corrected chi connectivity index (χ0v) is 16.5. The molecule has 0 spiro atoms. The van der Waals surface area contributed by atoms with Crippen molar-refractivity contribution in [3.8, 4) is 22.3 Å². The molecule has 0 aliphatic carbocycles. The molecule has 0 aliphatic rings. The molecule has 1 aromatic heterocycles. The second kappa shape index (κ2) is 7.77. The van der Waals surface area contributed by atoms with Gasteiger partial charge in [0, 0.05) is 9.58 Å². The van der Waals surface area contributed by atoms with E-state index in [4.69, 9.17) is 0 Å². The summed E-state index contributed by atoms with van der Waals surface area (Å²) >= 11 is 1.84. The highest BCUT2D eigenvalue weighted by Gasteiger charge is 2.05. The van der Waals surface area contributed by atoms with Crippen molar-refractivity contribution < 1.29 is 0 Å². The van der Waals surface area contributed by atoms with Crippen LogP contribution in [0.5, 0.6) is 0 Å². The van der Waals surface area contributed by atoms with Crippen LogP contribution in [0.25, 0.3) is 32.3 Å². The van der Waals surface area contributed by atoms with E-state index in [1.54, 1.807) is 0 Å². The van der Waals surface area contributed by atoms with E-state index in [0.29, 0.717) is 0 Å². The SMILES string of the molecule is Cc1ccc(-c2ccc(-c3cccc4cccccc(C)sc34)cc2)cc1. The van der Waals surface area contributed by atoms with Gasteiger partial charge in [-0.1, -0.05) is 96.6 Å². The van der Waals surface area contributed by atoms with E-state index in [2.05, 4.69) is 111 Å². The molecule has 0 bridgehead atoms. The molecule has 1 heterocycles. The highest BCUT2D eigenvalue weighted by atomic mass is 32.1. The molecule has 0 nitrogen and oxygen atoms in total. The zero-order chi connectivity index (χ0) is 18.6. The Balaban J connectivity index is 1.84. The summed E-state index contributed by atoms with van der Waals surface area (Å²) < 4.78 is 1.31. The van der Waals surface area contributed by atoms with Gasteiger partial charge in [-0.3, -0.25) is 0 Å². The standard InChI is InChI=1S/C26H22S/c1-19-11-13-21(14-12-19)22-15-17-23(18-16-22)25-10-6-9-24-8-5-3-4-7-20(2)27-26(24)25/h3-18H,1-2H3. The van der Waals surface area contributed by atoms with E-state index in [1.165, 1.54) is 42.8 Å². The lowest BCUT2D eigenvalue weighted by molar-refractivity contribution is 1.47. The van der Waals surface area contributed by atoms with Crippen LogP contribution in [-0.2, 0) is 0 Å². The van der Waals surface area contributed by atoms with Crippen molar-refractivity contribution in [3.05, 3.63) is 108 Å². The van der Waals surface area contributed by atoms with Gasteiger partial charge < -0.3 is 0 Å². The van der Waals surface area contributed by atoms with Crippen molar-refractivity contribution in [1.82, 2.24) is 0 Å². The van der Waals surface area contributed by atoms with Crippen molar-refractivity contribution in [2.75, 3.05) is 0 Å². The Morgan fingerprint density at radius 1 is 0.519 bits per heavy atom. The fraction of sp³-hybridized carbons (Fsp3) is 0.0769. The average Bonchev–Trinajstić information content (AvgIpc) is 2.78. The summed E-state index contributed by atoms with van der Waals surface area (Å²) in [5.74, 6) is 0. The molecule has 0 unspecified atom stereocenters. The molecule has 132 valence electrons. The maximum atomic E-state index is 2.24. The summed E-state index contributed by atoms with van der Waals surface area (Å²) in [5, 5.41) is 1.26. The summed E-state index contributed by atoms with van der Waals surface area (Å²) in [4.78, 5) is 1.29. The third kappa shape index (κ3) is 3.94. The van der Waals surface area contributed by atoms with E-state index >= 15 is 0 Å². The van der Waals surface area contributed by atoms with Crippen LogP contribution < -0.4 is 0 Å². The quantitative estimate of drug-likeness (QED) is 0.337. The summed E-state index contributed by atoms with van der Waals surface area (Å²) in [7, 11) is 0. The topological polar surface area (TPSA) is 0 Å². The van der Waals surface area contributed by atoms with Gasteiger partial charge in [0.1, 0.15) is 0 Å². The minimum atomic E-state index is 1.25. The number of aryl methyl sites for hydroxylation is 2. The van der Waals surface area contributed by atoms with Gasteiger partial charge in [-0.2, -0.15) is 0 Å². The van der Waals surface area contributed by atoms with Crippen LogP contribution in [-0.4, -0.2) is 0 Å². The summed E-state index contributed by atoms with van der Waals surface area (Å²) in [6, 6.07) is 34.8. The van der Waals surface area contributed by atoms with Crippen molar-refractivity contribution in [2.24, 2.45) is 0 Å². The molecule has 3 aromatic carbocycles. The molecule has 0 saturated carbocycles. The molecule has 0 aliphatic heterocycles. The van der Waals surface area contributed by atoms with Gasteiger partial charge in [-0.25, -0.2) is 0 Å². The monoisotopic (exact) mass is 366 g/mol. The first-order valence-electron chi connectivity index (χ1n) is 9.21. The maximum absolute atomic E-state index is 2.24. The van der Waals surface area contributed by atoms with Gasteiger partial charge in [-0.05, 0) is 47.6 Å². The highest BCUT2D eigenvalue weighted by molar-refractivity contribution is 7.18. The van der Waals surface area contributed by atoms with Gasteiger partial charge in [0.15, 0.2) is 0 Å². The molecule has 1 heteroatoms. The predicted molar refractivity (Wildman–Crippen MR) is 120 cm³/mol. The Morgan fingerprint density at radius 2 is 1.11 bits per heavy atom. The third-order valence-electron chi connectivity index (χ3n) is 4.72. The van der Waals surface area contributed by atoms with Crippen LogP contribution in [0.4, 0.5) is 0 Å². The second-order valence-corrected chi connectivity index (χ2v) is 8.05. The molecule has 0 atom stereocenters. The average molecular weight is 367 g/mol. The van der Waals surface area contributed by atoms with Crippen LogP contribution in [0.15, 0.2) is 97.1 Å². The Bertz CT molecular complexity index is 1110. The van der Waals surface area contributed by atoms with Crippen LogP contribution in [0, 0.1) is 13.8 Å². The first-order valence-corrected chi connectivity index (χ1v) is 10.0. The fourth-order valence-electron chi connectivity index (χ4n) is 3.23. The molecule has 0 fully saturated rings. The molecule has 0 amide bonds. The molecule has 0 radical (unpaired) electrons. The van der Waals surface area contributed by atoms with E-state index in [9.17, 15) is 0 Å². The lowest BCUT2D eigenvalue weighted by Crippen LogP contribution is -1.82. The Labute approximate surface area is 165 Å². The lowest BCUT2D eigenvalue weighted by Gasteiger charge is -2.08. The van der Waals surface area contributed by atoms with Crippen molar-refractivity contribution in [2.45, 2.75) is 13.8 Å². The third-order valence-corrected chi connectivity index (χ3v) is 5.84. The van der Waals surface area contributed by atoms with Crippen molar-refractivity contribution in [1.29, 1.82) is 0 Å². The first-order chi connectivity index (χ1) is 13.2. The zero-order valence-electron chi connectivity index (χ0n) is 15.6. The van der Waals surface area contributed by atoms with Gasteiger partial charge in [-0.15, -0.1) is 11.3 Å². The van der Waals surface area contributed by atoms with E-state index in [1.807, 2.05) is 11.3 Å². The molecule has 0 N–H and O–H groups in total. The van der Waals surface area contributed by atoms with Crippen molar-refractivity contribution >= 4 is 21.4 Å². The number of fused-ring (bicyclic) bond motifs is 1. The number of hydrogen-bond donors (Lipinski definition) is 0. The second-order valence-electron chi connectivity index (χ2n) is 6.79. The fourth-order valence-corrected chi connectivity index (χ4v) is 4.24. The minimum absolute atomic E-state index is 1.25. The number of rotatable bonds is 2. The van der Waals surface area contributed by atoms with Crippen LogP contribution in [0.2, 0.25) is 0 Å². The normalized spacial score (nSPS) is 10.6. The number of benzene rings is 3. The lowest BCUT2D eigenvalue weighted by atomic mass is 9.99. The Hall–Kier alpha value is -2.90. The van der Waals surface area contributed by atoms with Crippen LogP contribution in [0.1, 0.15) is 10.4 Å². The number of hydrogen-bond acceptors (Lipinski definition) is 1. The summed E-state index contributed by atoms with van der Waals surface area (Å²) in [6.07, 6.45) is 0. The van der Waals surface area contributed by atoms with Crippen LogP contribution in [0.3, 0.4) is 0 Å². The van der Waals surface area contributed by atoms with Gasteiger partial charge in [0.25, 0.3) is 0 Å². The minimum Gasteiger partial charge on any atom is -0.140 e. The smallest absolute Gasteiger partial charge is 0.0423 e. The highest BCUT2D eigenvalue weighted by Crippen LogP contribution is 2.32.